The second kappa shape index (κ2) is 11.2. The molecule has 1 rings (SSSR count). The number of aliphatic carboxylic acids is 1. The Morgan fingerprint density at radius 1 is 1.30 bits per heavy atom. The molecule has 2 atom stereocenters. The Hall–Kier alpha value is -0.455. The number of carboxylic acids is 1. The molecule has 1 saturated heterocycles. The Morgan fingerprint density at radius 2 is 1.91 bits per heavy atom. The van der Waals surface area contributed by atoms with Gasteiger partial charge in [-0.15, -0.1) is 24.8 Å². The lowest BCUT2D eigenvalue weighted by Crippen LogP contribution is -2.44. The summed E-state index contributed by atoms with van der Waals surface area (Å²) >= 11 is 0. The molecule has 1 aliphatic heterocycles. The number of hydrogen-bond donors (Lipinski definition) is 1. The van der Waals surface area contributed by atoms with Crippen molar-refractivity contribution in [2.75, 3.05) is 27.2 Å². The average Bonchev–Trinajstić information content (AvgIpc) is 2.90. The molecule has 1 aliphatic rings. The number of amides is 1. The second-order valence-electron chi connectivity index (χ2n) is 6.65. The minimum absolute atomic E-state index is 0. The maximum absolute atomic E-state index is 12.2. The van der Waals surface area contributed by atoms with Crippen molar-refractivity contribution in [3.05, 3.63) is 0 Å². The molecular weight excluding hydrogens is 338 g/mol. The van der Waals surface area contributed by atoms with Crippen molar-refractivity contribution < 1.29 is 14.7 Å². The molecule has 0 bridgehead atoms. The molecule has 0 spiro atoms. The van der Waals surface area contributed by atoms with Crippen LogP contribution in [-0.2, 0) is 9.59 Å². The van der Waals surface area contributed by atoms with Crippen LogP contribution < -0.4 is 0 Å². The number of carboxylic acid groups (broad SMARTS) is 1. The van der Waals surface area contributed by atoms with Crippen LogP contribution in [0.25, 0.3) is 0 Å². The van der Waals surface area contributed by atoms with Crippen LogP contribution in [0.2, 0.25) is 5.31 Å². The summed E-state index contributed by atoms with van der Waals surface area (Å²) in [6, 6.07) is -0.0655. The second-order valence-corrected chi connectivity index (χ2v) is 6.65. The summed E-state index contributed by atoms with van der Waals surface area (Å²) in [4.78, 5) is 27.5. The zero-order chi connectivity index (χ0) is 16.0. The van der Waals surface area contributed by atoms with E-state index in [0.29, 0.717) is 19.4 Å². The maximum Gasteiger partial charge on any atom is 0.301 e. The van der Waals surface area contributed by atoms with E-state index in [1.54, 1.807) is 19.0 Å². The first-order chi connectivity index (χ1) is 9.81. The standard InChI is InChI=1S/C15H29BN2O3.2ClH/c1-4-5-8-15(16,14(20)21)9-11-18-10-6-7-12(18)13(19)17(2)3;;/h12H,4-11,16H2,1-3H3,(H,20,21);2*1H/t12-,15?;;/m0../s1. The van der Waals surface area contributed by atoms with Gasteiger partial charge in [-0.05, 0) is 38.8 Å². The van der Waals surface area contributed by atoms with Crippen molar-refractivity contribution in [1.82, 2.24) is 9.80 Å². The third-order valence-electron chi connectivity index (χ3n) is 4.64. The van der Waals surface area contributed by atoms with E-state index in [0.717, 1.165) is 32.2 Å². The highest BCUT2D eigenvalue weighted by atomic mass is 35.5. The third kappa shape index (κ3) is 6.90. The Morgan fingerprint density at radius 3 is 2.39 bits per heavy atom. The van der Waals surface area contributed by atoms with Gasteiger partial charge >= 0.3 is 5.97 Å². The molecule has 0 aromatic carbocycles. The van der Waals surface area contributed by atoms with Crippen LogP contribution in [0.15, 0.2) is 0 Å². The van der Waals surface area contributed by atoms with E-state index in [1.807, 2.05) is 7.85 Å². The molecule has 136 valence electrons. The van der Waals surface area contributed by atoms with Crippen LogP contribution >= 0.6 is 24.8 Å². The van der Waals surface area contributed by atoms with E-state index in [4.69, 9.17) is 0 Å². The minimum Gasteiger partial charge on any atom is -0.481 e. The Balaban J connectivity index is 0. The largest absolute Gasteiger partial charge is 0.481 e. The van der Waals surface area contributed by atoms with Crippen molar-refractivity contribution in [1.29, 1.82) is 0 Å². The maximum atomic E-state index is 12.2. The monoisotopic (exact) mass is 368 g/mol. The molecule has 5 nitrogen and oxygen atoms in total. The molecule has 0 aliphatic carbocycles. The highest BCUT2D eigenvalue weighted by molar-refractivity contribution is 6.26. The molecule has 23 heavy (non-hydrogen) atoms. The Labute approximate surface area is 153 Å². The smallest absolute Gasteiger partial charge is 0.301 e. The number of halogens is 2. The minimum atomic E-state index is -0.717. The summed E-state index contributed by atoms with van der Waals surface area (Å²) in [7, 11) is 5.40. The van der Waals surface area contributed by atoms with Gasteiger partial charge in [-0.1, -0.05) is 19.8 Å². The molecule has 0 aromatic heterocycles. The number of carbonyl (C=O) groups is 2. The van der Waals surface area contributed by atoms with Crippen LogP contribution in [0, 0.1) is 0 Å². The number of likely N-dealkylation sites (tertiary alicyclic amines) is 1. The molecule has 1 N–H and O–H groups in total. The van der Waals surface area contributed by atoms with Crippen molar-refractivity contribution >= 4 is 44.5 Å². The van der Waals surface area contributed by atoms with E-state index in [2.05, 4.69) is 11.8 Å². The number of unbranched alkanes of at least 4 members (excludes halogenated alkanes) is 1. The van der Waals surface area contributed by atoms with Gasteiger partial charge in [0.15, 0.2) is 0 Å². The topological polar surface area (TPSA) is 60.9 Å². The zero-order valence-corrected chi connectivity index (χ0v) is 16.3. The number of likely N-dealkylation sites (N-methyl/N-ethyl adjacent to an activating group) is 1. The first-order valence-corrected chi connectivity index (χ1v) is 8.00. The number of hydrogen-bond acceptors (Lipinski definition) is 3. The molecule has 0 aromatic rings. The summed E-state index contributed by atoms with van der Waals surface area (Å²) in [5.41, 5.74) is 0. The van der Waals surface area contributed by atoms with Gasteiger partial charge in [-0.25, -0.2) is 0 Å². The van der Waals surface area contributed by atoms with Gasteiger partial charge in [0.05, 0.1) is 6.04 Å². The van der Waals surface area contributed by atoms with Gasteiger partial charge in [0.2, 0.25) is 5.91 Å². The fourth-order valence-electron chi connectivity index (χ4n) is 2.97. The molecular formula is C15H31BCl2N2O3. The normalized spacial score (nSPS) is 20.0. The fraction of sp³-hybridized carbons (Fsp3) is 0.867. The Kier molecular flexibility index (Phi) is 12.0. The summed E-state index contributed by atoms with van der Waals surface area (Å²) < 4.78 is 0. The lowest BCUT2D eigenvalue weighted by molar-refractivity contribution is -0.141. The van der Waals surface area contributed by atoms with Crippen molar-refractivity contribution in [3.8, 4) is 0 Å². The van der Waals surface area contributed by atoms with Gasteiger partial charge < -0.3 is 10.0 Å². The predicted molar refractivity (Wildman–Crippen MR) is 101 cm³/mol. The highest BCUT2D eigenvalue weighted by Gasteiger charge is 2.36. The van der Waals surface area contributed by atoms with Crippen LogP contribution in [-0.4, -0.2) is 67.9 Å². The molecule has 1 heterocycles. The van der Waals surface area contributed by atoms with E-state index < -0.39 is 11.3 Å². The van der Waals surface area contributed by atoms with Crippen LogP contribution in [0.5, 0.6) is 0 Å². The molecule has 0 radical (unpaired) electrons. The quantitative estimate of drug-likeness (QED) is 0.664. The number of rotatable bonds is 8. The van der Waals surface area contributed by atoms with Gasteiger partial charge in [-0.2, -0.15) is 0 Å². The van der Waals surface area contributed by atoms with Crippen LogP contribution in [0.3, 0.4) is 0 Å². The SMILES string of the molecule is BC(CCCC)(CCN1CCC[C@H]1C(=O)N(C)C)C(=O)O.Cl.Cl. The van der Waals surface area contributed by atoms with E-state index in [-0.39, 0.29) is 36.8 Å². The summed E-state index contributed by atoms with van der Waals surface area (Å²) in [6.07, 6.45) is 5.16. The molecule has 8 heteroatoms. The van der Waals surface area contributed by atoms with E-state index in [9.17, 15) is 14.7 Å². The van der Waals surface area contributed by atoms with Gasteiger partial charge in [0, 0.05) is 19.4 Å². The van der Waals surface area contributed by atoms with Gasteiger partial charge in [0.1, 0.15) is 7.85 Å². The molecule has 0 saturated carbocycles. The molecule has 1 amide bonds. The first-order valence-electron chi connectivity index (χ1n) is 8.00. The lowest BCUT2D eigenvalue weighted by atomic mass is 9.63. The summed E-state index contributed by atoms with van der Waals surface area (Å²) in [5, 5.41) is 8.83. The first kappa shape index (κ1) is 24.8. The van der Waals surface area contributed by atoms with Crippen molar-refractivity contribution in [2.24, 2.45) is 0 Å². The van der Waals surface area contributed by atoms with E-state index in [1.165, 1.54) is 0 Å². The number of carbonyl (C=O) groups excluding carboxylic acids is 1. The van der Waals surface area contributed by atoms with Crippen molar-refractivity contribution in [3.63, 3.8) is 0 Å². The van der Waals surface area contributed by atoms with Crippen LogP contribution in [0.1, 0.15) is 45.4 Å². The van der Waals surface area contributed by atoms with Gasteiger partial charge in [0.25, 0.3) is 0 Å². The number of nitrogens with zero attached hydrogens (tertiary/aromatic N) is 2. The third-order valence-corrected chi connectivity index (χ3v) is 4.64. The Bertz CT molecular complexity index is 386. The predicted octanol–water partition coefficient (Wildman–Crippen LogP) is 1.84. The molecule has 1 unspecified atom stereocenters. The highest BCUT2D eigenvalue weighted by Crippen LogP contribution is 2.34. The molecule has 1 fully saturated rings. The van der Waals surface area contributed by atoms with Crippen LogP contribution in [0.4, 0.5) is 0 Å². The summed E-state index contributed by atoms with van der Waals surface area (Å²) in [6.45, 7) is 3.67. The zero-order valence-electron chi connectivity index (χ0n) is 14.7. The van der Waals surface area contributed by atoms with Gasteiger partial charge in [-0.3, -0.25) is 14.5 Å². The van der Waals surface area contributed by atoms with E-state index >= 15 is 0 Å². The summed E-state index contributed by atoms with van der Waals surface area (Å²) in [5.74, 6) is -0.580. The lowest BCUT2D eigenvalue weighted by Gasteiger charge is -2.31. The average molecular weight is 369 g/mol. The fourth-order valence-corrected chi connectivity index (χ4v) is 2.97. The van der Waals surface area contributed by atoms with Crippen molar-refractivity contribution in [2.45, 2.75) is 56.8 Å².